The van der Waals surface area contributed by atoms with Gasteiger partial charge in [-0.15, -0.1) is 0 Å². The maximum Gasteiger partial charge on any atom is 0.348 e. The topological polar surface area (TPSA) is 59.0 Å². The second kappa shape index (κ2) is 4.37. The molecule has 0 fully saturated rings. The average Bonchev–Trinajstić information content (AvgIpc) is 2.58. The quantitative estimate of drug-likeness (QED) is 0.523. The highest BCUT2D eigenvalue weighted by atomic mass is 32.1. The molecule has 92 valence electrons. The third-order valence-electron chi connectivity index (χ3n) is 2.64. The predicted molar refractivity (Wildman–Crippen MR) is 68.4 cm³/mol. The first-order valence-corrected chi connectivity index (χ1v) is 6.52. The van der Waals surface area contributed by atoms with E-state index in [1.165, 1.54) is 0 Å². The van der Waals surface area contributed by atoms with E-state index in [-0.39, 0.29) is 11.5 Å². The van der Waals surface area contributed by atoms with Gasteiger partial charge in [0, 0.05) is 11.9 Å². The van der Waals surface area contributed by atoms with Crippen LogP contribution in [0.2, 0.25) is 0 Å². The molecule has 2 aliphatic heterocycles. The summed E-state index contributed by atoms with van der Waals surface area (Å²) in [5.74, 6) is -0.494. The Kier molecular flexibility index (Phi) is 3.06. The van der Waals surface area contributed by atoms with E-state index in [0.29, 0.717) is 11.7 Å². The molecule has 0 atom stereocenters. The molecule has 17 heavy (non-hydrogen) atoms. The molecule has 2 aliphatic rings. The summed E-state index contributed by atoms with van der Waals surface area (Å²) in [4.78, 5) is 17.9. The molecule has 0 radical (unpaired) electrons. The molecule has 0 saturated heterocycles. The largest absolute Gasteiger partial charge is 0.462 e. The molecular formula is C11H14N2O3S. The van der Waals surface area contributed by atoms with E-state index < -0.39 is 15.9 Å². The first-order chi connectivity index (χ1) is 8.04. The van der Waals surface area contributed by atoms with Crippen LogP contribution >= 0.6 is 0 Å². The number of hydrogen-bond donors (Lipinski definition) is 0. The van der Waals surface area contributed by atoms with E-state index in [9.17, 15) is 9.00 Å². The fourth-order valence-corrected chi connectivity index (χ4v) is 2.85. The Morgan fingerprint density at radius 2 is 2.29 bits per heavy atom. The highest BCUT2D eigenvalue weighted by Gasteiger charge is 2.28. The van der Waals surface area contributed by atoms with Gasteiger partial charge in [0.15, 0.2) is 0 Å². The van der Waals surface area contributed by atoms with Crippen LogP contribution in [0.3, 0.4) is 0 Å². The highest BCUT2D eigenvalue weighted by Crippen LogP contribution is 2.13. The van der Waals surface area contributed by atoms with Crippen molar-refractivity contribution >= 4 is 31.6 Å². The van der Waals surface area contributed by atoms with Gasteiger partial charge < -0.3 is 9.64 Å². The normalized spacial score (nSPS) is 19.0. The number of hydrogen-bond acceptors (Lipinski definition) is 5. The van der Waals surface area contributed by atoms with Crippen molar-refractivity contribution in [1.29, 1.82) is 0 Å². The van der Waals surface area contributed by atoms with Crippen molar-refractivity contribution < 1.29 is 13.7 Å². The minimum absolute atomic E-state index is 0.268. The van der Waals surface area contributed by atoms with E-state index in [1.807, 2.05) is 20.0 Å². The van der Waals surface area contributed by atoms with Crippen LogP contribution in [0.5, 0.6) is 0 Å². The number of aliphatic imine (C=N–C) groups is 1. The molecular weight excluding hydrogens is 240 g/mol. The van der Waals surface area contributed by atoms with Gasteiger partial charge in [-0.3, -0.25) is 0 Å². The fourth-order valence-electron chi connectivity index (χ4n) is 1.61. The van der Waals surface area contributed by atoms with Gasteiger partial charge in [-0.2, -0.15) is 0 Å². The van der Waals surface area contributed by atoms with Crippen molar-refractivity contribution in [2.45, 2.75) is 20.8 Å². The SMILES string of the molecule is CCOC(=O)C1=S(=O)=C2N=C(C)C(C)=CN2C1. The Hall–Kier alpha value is -1.56. The summed E-state index contributed by atoms with van der Waals surface area (Å²) < 4.78 is 16.9. The van der Waals surface area contributed by atoms with Crippen molar-refractivity contribution in [3.8, 4) is 0 Å². The van der Waals surface area contributed by atoms with Gasteiger partial charge in [-0.25, -0.2) is 14.0 Å². The molecule has 0 aliphatic carbocycles. The number of ether oxygens (including phenoxy) is 1. The number of esters is 1. The minimum atomic E-state index is -1.49. The summed E-state index contributed by atoms with van der Waals surface area (Å²) in [7, 11) is -1.49. The molecule has 2 heterocycles. The number of fused-ring (bicyclic) bond motifs is 1. The van der Waals surface area contributed by atoms with Crippen LogP contribution in [0.15, 0.2) is 16.8 Å². The summed E-state index contributed by atoms with van der Waals surface area (Å²) >= 11 is 0. The molecule has 0 aromatic carbocycles. The van der Waals surface area contributed by atoms with Crippen molar-refractivity contribution in [2.75, 3.05) is 13.2 Å². The maximum absolute atomic E-state index is 12.1. The van der Waals surface area contributed by atoms with Crippen LogP contribution in [0.1, 0.15) is 20.8 Å². The lowest BCUT2D eigenvalue weighted by molar-refractivity contribution is -0.134. The van der Waals surface area contributed by atoms with Crippen LogP contribution in [0.4, 0.5) is 0 Å². The Morgan fingerprint density at radius 3 is 2.94 bits per heavy atom. The molecule has 0 aromatic rings. The second-order valence-corrected chi connectivity index (χ2v) is 5.23. The Morgan fingerprint density at radius 1 is 1.59 bits per heavy atom. The van der Waals surface area contributed by atoms with Crippen LogP contribution in [0, 0.1) is 0 Å². The molecule has 0 aromatic heterocycles. The molecule has 0 bridgehead atoms. The van der Waals surface area contributed by atoms with E-state index >= 15 is 0 Å². The van der Waals surface area contributed by atoms with Gasteiger partial charge >= 0.3 is 5.97 Å². The lowest BCUT2D eigenvalue weighted by Gasteiger charge is -2.19. The maximum atomic E-state index is 12.1. The van der Waals surface area contributed by atoms with Crippen molar-refractivity contribution in [3.63, 3.8) is 0 Å². The summed E-state index contributed by atoms with van der Waals surface area (Å²) in [5, 5.41) is 0.427. The Bertz CT molecular complexity index is 584. The van der Waals surface area contributed by atoms with Gasteiger partial charge in [0.25, 0.3) is 0 Å². The molecule has 0 N–H and O–H groups in total. The lowest BCUT2D eigenvalue weighted by Crippen LogP contribution is -2.31. The number of carbonyl (C=O) groups is 1. The standard InChI is InChI=1S/C11H14N2O3S/c1-4-16-10(14)9-6-13-5-7(2)8(3)12-11(13)17(9)15/h5H,4,6H2,1-3H3. The smallest absolute Gasteiger partial charge is 0.348 e. The zero-order valence-corrected chi connectivity index (χ0v) is 10.8. The monoisotopic (exact) mass is 254 g/mol. The number of carbonyl (C=O) groups excluding carboxylic acids is 1. The molecule has 2 rings (SSSR count). The summed E-state index contributed by atoms with van der Waals surface area (Å²) in [6.45, 7) is 6.10. The van der Waals surface area contributed by atoms with E-state index in [1.54, 1.807) is 11.8 Å². The van der Waals surface area contributed by atoms with Crippen molar-refractivity contribution in [2.24, 2.45) is 4.99 Å². The van der Waals surface area contributed by atoms with Crippen LogP contribution in [-0.4, -0.2) is 43.9 Å². The average molecular weight is 254 g/mol. The van der Waals surface area contributed by atoms with Crippen molar-refractivity contribution in [3.05, 3.63) is 11.8 Å². The lowest BCUT2D eigenvalue weighted by atomic mass is 10.2. The summed E-state index contributed by atoms with van der Waals surface area (Å²) in [6, 6.07) is 0. The van der Waals surface area contributed by atoms with Gasteiger partial charge in [0.1, 0.15) is 4.86 Å². The molecule has 0 spiro atoms. The Balaban J connectivity index is 2.43. The molecule has 0 amide bonds. The van der Waals surface area contributed by atoms with Gasteiger partial charge in [-0.1, -0.05) is 0 Å². The zero-order valence-electron chi connectivity index (χ0n) is 10.0. The zero-order chi connectivity index (χ0) is 12.6. The fraction of sp³-hybridized carbons (Fsp3) is 0.455. The predicted octanol–water partition coefficient (Wildman–Crippen LogP) is 0.252. The molecule has 0 unspecified atom stereocenters. The Labute approximate surface area is 101 Å². The van der Waals surface area contributed by atoms with E-state index in [2.05, 4.69) is 4.99 Å². The second-order valence-electron chi connectivity index (χ2n) is 3.83. The van der Waals surface area contributed by atoms with Crippen LogP contribution < -0.4 is 0 Å². The first-order valence-electron chi connectivity index (χ1n) is 5.37. The number of nitrogens with zero attached hydrogens (tertiary/aromatic N) is 2. The molecule has 6 heteroatoms. The van der Waals surface area contributed by atoms with Gasteiger partial charge in [-0.05, 0) is 26.3 Å². The van der Waals surface area contributed by atoms with E-state index in [0.717, 1.165) is 11.3 Å². The summed E-state index contributed by atoms with van der Waals surface area (Å²) in [6.07, 6.45) is 1.86. The summed E-state index contributed by atoms with van der Waals surface area (Å²) in [5.41, 5.74) is 1.84. The van der Waals surface area contributed by atoms with E-state index in [4.69, 9.17) is 4.74 Å². The highest BCUT2D eigenvalue weighted by molar-refractivity contribution is 7.86. The third-order valence-corrected chi connectivity index (χ3v) is 4.04. The van der Waals surface area contributed by atoms with Crippen molar-refractivity contribution in [1.82, 2.24) is 4.90 Å². The third kappa shape index (κ3) is 2.00. The van der Waals surface area contributed by atoms with Crippen LogP contribution in [-0.2, 0) is 19.5 Å². The number of rotatable bonds is 2. The molecule has 0 saturated carbocycles. The van der Waals surface area contributed by atoms with Gasteiger partial charge in [0.05, 0.1) is 23.1 Å². The van der Waals surface area contributed by atoms with Gasteiger partial charge in [0.2, 0.25) is 5.11 Å². The number of allylic oxidation sites excluding steroid dienone is 1. The van der Waals surface area contributed by atoms with Crippen LogP contribution in [0.25, 0.3) is 0 Å². The molecule has 5 nitrogen and oxygen atoms in total. The minimum Gasteiger partial charge on any atom is -0.462 e. The first kappa shape index (κ1) is 11.9.